The van der Waals surface area contributed by atoms with Crippen LogP contribution in [0.1, 0.15) is 24.3 Å². The molecule has 1 saturated heterocycles. The van der Waals surface area contributed by atoms with Gasteiger partial charge in [-0.05, 0) is 5.56 Å². The summed E-state index contributed by atoms with van der Waals surface area (Å²) in [6, 6.07) is 6.36. The average Bonchev–Trinajstić information content (AvgIpc) is 3.30. The minimum absolute atomic E-state index is 0. The van der Waals surface area contributed by atoms with E-state index in [0.29, 0.717) is 5.56 Å². The highest BCUT2D eigenvalue weighted by molar-refractivity contribution is 5.85. The summed E-state index contributed by atoms with van der Waals surface area (Å²) in [6.45, 7) is 1.16. The number of carbonyl (C=O) groups is 1. The zero-order valence-corrected chi connectivity index (χ0v) is 15.2. The topological polar surface area (TPSA) is 85.1 Å². The molecule has 0 bridgehead atoms. The van der Waals surface area contributed by atoms with Gasteiger partial charge in [-0.15, -0.1) is 12.4 Å². The van der Waals surface area contributed by atoms with E-state index < -0.39 is 12.1 Å². The van der Waals surface area contributed by atoms with Gasteiger partial charge in [0, 0.05) is 18.4 Å². The summed E-state index contributed by atoms with van der Waals surface area (Å²) in [6.07, 6.45) is -2.87. The largest absolute Gasteiger partial charge is 0.471 e. The van der Waals surface area contributed by atoms with Gasteiger partial charge in [0.1, 0.15) is 0 Å². The van der Waals surface area contributed by atoms with Gasteiger partial charge in [-0.25, -0.2) is 5.06 Å². The Morgan fingerprint density at radius 1 is 1.37 bits per heavy atom. The van der Waals surface area contributed by atoms with Gasteiger partial charge < -0.3 is 9.84 Å². The second-order valence-electron chi connectivity index (χ2n) is 5.95. The molecule has 0 spiro atoms. The lowest BCUT2D eigenvalue weighted by Gasteiger charge is -2.21. The van der Waals surface area contributed by atoms with E-state index in [1.165, 1.54) is 12.2 Å². The van der Waals surface area contributed by atoms with Crippen LogP contribution in [0.5, 0.6) is 0 Å². The molecular weight excluding hydrogens is 389 g/mol. The summed E-state index contributed by atoms with van der Waals surface area (Å²) < 4.78 is 41.8. The maximum absolute atomic E-state index is 12.5. The van der Waals surface area contributed by atoms with Crippen LogP contribution in [0.2, 0.25) is 0 Å². The molecule has 2 heterocycles. The second kappa shape index (κ2) is 8.68. The molecule has 1 fully saturated rings. The highest BCUT2D eigenvalue weighted by Gasteiger charge is 2.38. The molecule has 27 heavy (non-hydrogen) atoms. The molecule has 0 aliphatic carbocycles. The number of amides is 1. The molecule has 1 aliphatic heterocycles. The zero-order valence-electron chi connectivity index (χ0n) is 14.4. The molecule has 2 N–H and O–H groups in total. The van der Waals surface area contributed by atoms with Crippen LogP contribution in [0.15, 0.2) is 28.8 Å². The fourth-order valence-corrected chi connectivity index (χ4v) is 2.80. The van der Waals surface area contributed by atoms with Crippen molar-refractivity contribution < 1.29 is 32.6 Å². The summed E-state index contributed by atoms with van der Waals surface area (Å²) in [5.41, 5.74) is 1.15. The third-order valence-electron chi connectivity index (χ3n) is 4.16. The Bertz CT molecular complexity index is 761. The Kier molecular flexibility index (Phi) is 6.79. The van der Waals surface area contributed by atoms with Crippen LogP contribution in [-0.4, -0.2) is 40.8 Å². The van der Waals surface area contributed by atoms with Crippen molar-refractivity contribution in [3.63, 3.8) is 0 Å². The summed E-state index contributed by atoms with van der Waals surface area (Å²) >= 11 is 0. The van der Waals surface area contributed by atoms with Gasteiger partial charge in [-0.1, -0.05) is 29.4 Å². The lowest BCUT2D eigenvalue weighted by Crippen LogP contribution is -2.89. The van der Waals surface area contributed by atoms with Crippen molar-refractivity contribution in [3.8, 4) is 11.4 Å². The molecule has 1 amide bonds. The Labute approximate surface area is 159 Å². The lowest BCUT2D eigenvalue weighted by atomic mass is 10.1. The lowest BCUT2D eigenvalue weighted by molar-refractivity contribution is -0.658. The summed E-state index contributed by atoms with van der Waals surface area (Å²) in [7, 11) is 1.43. The predicted octanol–water partition coefficient (Wildman–Crippen LogP) is 1.79. The fourth-order valence-electron chi connectivity index (χ4n) is 2.80. The normalized spacial score (nSPS) is 16.8. The third kappa shape index (κ3) is 4.96. The van der Waals surface area contributed by atoms with Gasteiger partial charge in [0.25, 0.3) is 0 Å². The van der Waals surface area contributed by atoms with E-state index in [9.17, 15) is 18.0 Å². The van der Waals surface area contributed by atoms with Gasteiger partial charge in [0.05, 0.1) is 20.2 Å². The van der Waals surface area contributed by atoms with Gasteiger partial charge in [0.15, 0.2) is 6.04 Å². The molecule has 0 radical (unpaired) electrons. The van der Waals surface area contributed by atoms with Crippen molar-refractivity contribution in [3.05, 3.63) is 35.7 Å². The van der Waals surface area contributed by atoms with E-state index in [0.717, 1.165) is 24.9 Å². The number of hydroxylamine groups is 2. The number of halogens is 4. The molecule has 148 valence electrons. The predicted molar refractivity (Wildman–Crippen MR) is 89.4 cm³/mol. The first-order chi connectivity index (χ1) is 12.4. The monoisotopic (exact) mass is 407 g/mol. The molecule has 3 rings (SSSR count). The molecule has 1 unspecified atom stereocenters. The first kappa shape index (κ1) is 21.1. The Hall–Kier alpha value is -2.17. The van der Waals surface area contributed by atoms with E-state index in [1.807, 2.05) is 5.32 Å². The van der Waals surface area contributed by atoms with Crippen molar-refractivity contribution in [1.29, 1.82) is 0 Å². The highest BCUT2D eigenvalue weighted by Crippen LogP contribution is 2.29. The number of hydrogen-bond donors (Lipinski definition) is 1. The molecule has 7 nitrogen and oxygen atoms in total. The van der Waals surface area contributed by atoms with Crippen molar-refractivity contribution in [1.82, 2.24) is 15.2 Å². The van der Waals surface area contributed by atoms with Crippen molar-refractivity contribution in [2.24, 2.45) is 0 Å². The van der Waals surface area contributed by atoms with E-state index >= 15 is 0 Å². The Balaban J connectivity index is 0.00000261. The summed E-state index contributed by atoms with van der Waals surface area (Å²) in [5, 5.41) is 6.62. The number of nitrogens with two attached hydrogens (primary N) is 1. The van der Waals surface area contributed by atoms with E-state index in [2.05, 4.69) is 14.7 Å². The molecule has 1 aromatic heterocycles. The average molecular weight is 408 g/mol. The maximum Gasteiger partial charge on any atom is 0.471 e. The zero-order chi connectivity index (χ0) is 18.7. The van der Waals surface area contributed by atoms with E-state index in [4.69, 9.17) is 4.84 Å². The van der Waals surface area contributed by atoms with Crippen LogP contribution < -0.4 is 5.32 Å². The summed E-state index contributed by atoms with van der Waals surface area (Å²) in [4.78, 5) is 20.9. The van der Waals surface area contributed by atoms with Crippen LogP contribution in [0.4, 0.5) is 13.2 Å². The molecular formula is C16H19ClF3N4O3+. The first-order valence-electron chi connectivity index (χ1n) is 8.07. The number of rotatable bonds is 5. The quantitative estimate of drug-likeness (QED) is 0.764. The Morgan fingerprint density at radius 2 is 2.07 bits per heavy atom. The second-order valence-corrected chi connectivity index (χ2v) is 5.95. The van der Waals surface area contributed by atoms with E-state index in [-0.39, 0.29) is 36.7 Å². The van der Waals surface area contributed by atoms with Crippen LogP contribution in [0, 0.1) is 0 Å². The summed E-state index contributed by atoms with van der Waals surface area (Å²) in [5.74, 6) is -1.63. The number of carbonyl (C=O) groups excluding carboxylic acids is 1. The highest BCUT2D eigenvalue weighted by atomic mass is 35.5. The van der Waals surface area contributed by atoms with Gasteiger partial charge in [-0.2, -0.15) is 18.2 Å². The van der Waals surface area contributed by atoms with Gasteiger partial charge in [-0.3, -0.25) is 9.63 Å². The van der Waals surface area contributed by atoms with Crippen molar-refractivity contribution in [2.75, 3.05) is 13.7 Å². The Morgan fingerprint density at radius 3 is 2.59 bits per heavy atom. The van der Waals surface area contributed by atoms with Crippen molar-refractivity contribution in [2.45, 2.75) is 31.6 Å². The van der Waals surface area contributed by atoms with Gasteiger partial charge >= 0.3 is 18.0 Å². The molecule has 2 aromatic rings. The van der Waals surface area contributed by atoms with Crippen LogP contribution in [0.3, 0.4) is 0 Å². The number of quaternary nitrogens is 1. The van der Waals surface area contributed by atoms with Crippen LogP contribution in [0.25, 0.3) is 11.4 Å². The van der Waals surface area contributed by atoms with Crippen LogP contribution in [-0.2, 0) is 22.4 Å². The van der Waals surface area contributed by atoms with Crippen LogP contribution >= 0.6 is 12.4 Å². The SMILES string of the molecule is CON(Cc1ccc(-c2noc(C(F)(F)F)n2)cc1)C(=O)C1CCC[NH2+]1.Cl. The minimum atomic E-state index is -4.68. The molecule has 1 aromatic carbocycles. The fraction of sp³-hybridized carbons (Fsp3) is 0.438. The molecule has 11 heteroatoms. The number of nitrogens with zero attached hydrogens (tertiary/aromatic N) is 3. The third-order valence-corrected chi connectivity index (χ3v) is 4.16. The molecule has 1 atom stereocenters. The minimum Gasteiger partial charge on any atom is -0.336 e. The number of aromatic nitrogens is 2. The molecule has 1 aliphatic rings. The van der Waals surface area contributed by atoms with Crippen molar-refractivity contribution >= 4 is 18.3 Å². The number of hydrogen-bond acceptors (Lipinski definition) is 5. The standard InChI is InChI=1S/C16H17F3N4O3.ClH/c1-25-23(14(24)12-3-2-8-20-12)9-10-4-6-11(7-5-10)13-21-15(26-22-13)16(17,18)19;/h4-7,12,20H,2-3,8-9H2,1H3;1H/p+1. The van der Waals surface area contributed by atoms with Gasteiger partial charge in [0.2, 0.25) is 5.82 Å². The molecule has 0 saturated carbocycles. The van der Waals surface area contributed by atoms with E-state index in [1.54, 1.807) is 24.3 Å². The smallest absolute Gasteiger partial charge is 0.336 e. The first-order valence-corrected chi connectivity index (χ1v) is 8.07. The number of alkyl halides is 3. The number of benzene rings is 1. The maximum atomic E-state index is 12.5.